The summed E-state index contributed by atoms with van der Waals surface area (Å²) in [6.07, 6.45) is 4.01. The van der Waals surface area contributed by atoms with E-state index in [0.717, 1.165) is 53.4 Å². The highest BCUT2D eigenvalue weighted by Crippen LogP contribution is 2.40. The summed E-state index contributed by atoms with van der Waals surface area (Å²) in [5.41, 5.74) is 2.67. The molecule has 9 heteroatoms. The van der Waals surface area contributed by atoms with Gasteiger partial charge < -0.3 is 10.1 Å². The van der Waals surface area contributed by atoms with Crippen LogP contribution in [0.15, 0.2) is 40.8 Å². The van der Waals surface area contributed by atoms with E-state index in [-0.39, 0.29) is 18.9 Å². The molecule has 4 rings (SSSR count). The lowest BCUT2D eigenvalue weighted by Crippen LogP contribution is -2.25. The van der Waals surface area contributed by atoms with Gasteiger partial charge in [0.05, 0.1) is 17.1 Å². The Bertz CT molecular complexity index is 1150. The van der Waals surface area contributed by atoms with Gasteiger partial charge >= 0.3 is 5.97 Å². The van der Waals surface area contributed by atoms with Gasteiger partial charge in [0.1, 0.15) is 9.32 Å². The van der Waals surface area contributed by atoms with Crippen molar-refractivity contribution in [2.24, 2.45) is 0 Å². The first kappa shape index (κ1) is 23.7. The van der Waals surface area contributed by atoms with Crippen molar-refractivity contribution < 1.29 is 19.1 Å². The maximum atomic E-state index is 13.6. The molecule has 0 atom stereocenters. The number of nitrogens with one attached hydrogen (secondary N) is 1. The minimum Gasteiger partial charge on any atom is -0.462 e. The van der Waals surface area contributed by atoms with Gasteiger partial charge in [0.25, 0.3) is 11.8 Å². The number of carbonyl (C=O) groups is 3. The monoisotopic (exact) mass is 500 g/mol. The number of esters is 1. The fourth-order valence-electron chi connectivity index (χ4n) is 3.94. The zero-order valence-electron chi connectivity index (χ0n) is 18.4. The number of thiophene rings is 1. The highest BCUT2D eigenvalue weighted by atomic mass is 32.2. The maximum Gasteiger partial charge on any atom is 0.341 e. The summed E-state index contributed by atoms with van der Waals surface area (Å²) in [5, 5.41) is 3.44. The van der Waals surface area contributed by atoms with E-state index in [2.05, 4.69) is 5.32 Å². The molecule has 2 aromatic rings. The lowest BCUT2D eigenvalue weighted by molar-refractivity contribution is -0.122. The Morgan fingerprint density at radius 1 is 1.18 bits per heavy atom. The molecule has 0 radical (unpaired) electrons. The van der Waals surface area contributed by atoms with Gasteiger partial charge in [-0.3, -0.25) is 14.5 Å². The molecule has 1 fully saturated rings. The second kappa shape index (κ2) is 10.2. The van der Waals surface area contributed by atoms with Crippen molar-refractivity contribution in [3.05, 3.63) is 62.4 Å². The van der Waals surface area contributed by atoms with Crippen molar-refractivity contribution >= 4 is 62.4 Å². The van der Waals surface area contributed by atoms with Gasteiger partial charge in [-0.25, -0.2) is 4.79 Å². The Kier molecular flexibility index (Phi) is 7.31. The van der Waals surface area contributed by atoms with E-state index in [0.29, 0.717) is 25.4 Å². The van der Waals surface area contributed by atoms with Crippen molar-refractivity contribution in [1.82, 2.24) is 4.90 Å². The number of thiocarbonyl (C=S) groups is 1. The first-order valence-corrected chi connectivity index (χ1v) is 12.8. The van der Waals surface area contributed by atoms with Crippen LogP contribution >= 0.6 is 35.3 Å². The van der Waals surface area contributed by atoms with E-state index in [9.17, 15) is 14.4 Å². The quantitative estimate of drug-likeness (QED) is 0.351. The van der Waals surface area contributed by atoms with Crippen LogP contribution in [0, 0.1) is 0 Å². The predicted octanol–water partition coefficient (Wildman–Crippen LogP) is 4.73. The first-order chi connectivity index (χ1) is 15.9. The summed E-state index contributed by atoms with van der Waals surface area (Å²) >= 11 is 7.84. The van der Waals surface area contributed by atoms with E-state index < -0.39 is 11.9 Å². The molecule has 1 aromatic carbocycles. The number of hydrogen-bond donors (Lipinski definition) is 1. The Hall–Kier alpha value is -2.49. The minimum absolute atomic E-state index is 0.259. The summed E-state index contributed by atoms with van der Waals surface area (Å²) in [6, 6.07) is 9.50. The number of thioether (sulfide) groups is 1. The van der Waals surface area contributed by atoms with E-state index >= 15 is 0 Å². The van der Waals surface area contributed by atoms with Crippen LogP contribution in [0.2, 0.25) is 0 Å². The van der Waals surface area contributed by atoms with Gasteiger partial charge in [-0.05, 0) is 43.7 Å². The molecule has 2 aliphatic rings. The summed E-state index contributed by atoms with van der Waals surface area (Å²) < 4.78 is 5.71. The van der Waals surface area contributed by atoms with Crippen molar-refractivity contribution in [3.8, 4) is 0 Å². The summed E-state index contributed by atoms with van der Waals surface area (Å²) in [5.74, 6) is -1.11. The van der Waals surface area contributed by atoms with Crippen molar-refractivity contribution in [1.29, 1.82) is 0 Å². The zero-order chi connectivity index (χ0) is 23.5. The number of carbonyl (C=O) groups excluding carboxylic acids is 3. The highest BCUT2D eigenvalue weighted by molar-refractivity contribution is 8.26. The Morgan fingerprint density at radius 2 is 1.91 bits per heavy atom. The molecule has 0 spiro atoms. The normalized spacial score (nSPS) is 17.1. The largest absolute Gasteiger partial charge is 0.462 e. The third-order valence-corrected chi connectivity index (χ3v) is 8.42. The molecule has 1 aliphatic carbocycles. The predicted molar refractivity (Wildman–Crippen MR) is 136 cm³/mol. The number of rotatable bonds is 6. The van der Waals surface area contributed by atoms with Crippen LogP contribution in [0.5, 0.6) is 0 Å². The molecule has 0 saturated carbocycles. The fraction of sp³-hybridized carbons (Fsp3) is 0.333. The van der Waals surface area contributed by atoms with Gasteiger partial charge in [-0.2, -0.15) is 0 Å². The Labute approximate surface area is 206 Å². The second-order valence-electron chi connectivity index (χ2n) is 7.79. The van der Waals surface area contributed by atoms with Crippen molar-refractivity contribution in [2.45, 2.75) is 39.0 Å². The van der Waals surface area contributed by atoms with E-state index in [1.165, 1.54) is 16.2 Å². The molecule has 33 heavy (non-hydrogen) atoms. The molecular weight excluding hydrogens is 476 g/mol. The van der Waals surface area contributed by atoms with Crippen LogP contribution in [0.25, 0.3) is 0 Å². The summed E-state index contributed by atoms with van der Waals surface area (Å²) in [6.45, 7) is 2.02. The number of aryl methyl sites for hydroxylation is 1. The summed E-state index contributed by atoms with van der Waals surface area (Å²) in [4.78, 5) is 42.0. The van der Waals surface area contributed by atoms with E-state index in [1.807, 2.05) is 30.3 Å². The number of amides is 2. The van der Waals surface area contributed by atoms with Crippen molar-refractivity contribution in [3.63, 3.8) is 0 Å². The smallest absolute Gasteiger partial charge is 0.341 e. The van der Waals surface area contributed by atoms with Gasteiger partial charge in [0.15, 0.2) is 0 Å². The Morgan fingerprint density at radius 3 is 2.58 bits per heavy atom. The molecule has 2 heterocycles. The van der Waals surface area contributed by atoms with Crippen LogP contribution in [0.3, 0.4) is 0 Å². The molecule has 0 bridgehead atoms. The SMILES string of the molecule is CCOC(=O)c1c(NC(=O)/C(Cc2ccccc2)=C2/SC(=S)N(C)C2=O)sc2c1CCCC2. The van der Waals surface area contributed by atoms with Gasteiger partial charge in [-0.15, -0.1) is 11.3 Å². The fourth-order valence-corrected chi connectivity index (χ4v) is 6.45. The lowest BCUT2D eigenvalue weighted by atomic mass is 9.95. The highest BCUT2D eigenvalue weighted by Gasteiger charge is 2.35. The molecule has 2 amide bonds. The number of nitrogens with zero attached hydrogens (tertiary/aromatic N) is 1. The topological polar surface area (TPSA) is 75.7 Å². The first-order valence-electron chi connectivity index (χ1n) is 10.8. The average Bonchev–Trinajstić information content (AvgIpc) is 3.30. The molecule has 1 aliphatic heterocycles. The van der Waals surface area contributed by atoms with E-state index in [1.54, 1.807) is 14.0 Å². The summed E-state index contributed by atoms with van der Waals surface area (Å²) in [7, 11) is 1.61. The van der Waals surface area contributed by atoms with Crippen LogP contribution in [-0.4, -0.2) is 40.7 Å². The Balaban J connectivity index is 1.72. The third kappa shape index (κ3) is 4.90. The number of anilines is 1. The van der Waals surface area contributed by atoms with Crippen LogP contribution in [0.1, 0.15) is 46.1 Å². The molecule has 6 nitrogen and oxygen atoms in total. The molecule has 172 valence electrons. The number of likely N-dealkylation sites (N-methyl/N-ethyl adjacent to an activating group) is 1. The van der Waals surface area contributed by atoms with Crippen LogP contribution in [0.4, 0.5) is 5.00 Å². The minimum atomic E-state index is -0.420. The maximum absolute atomic E-state index is 13.6. The van der Waals surface area contributed by atoms with E-state index in [4.69, 9.17) is 17.0 Å². The van der Waals surface area contributed by atoms with Gasteiger partial charge in [0, 0.05) is 23.9 Å². The lowest BCUT2D eigenvalue weighted by Gasteiger charge is -2.13. The zero-order valence-corrected chi connectivity index (χ0v) is 20.9. The van der Waals surface area contributed by atoms with Gasteiger partial charge in [-0.1, -0.05) is 54.3 Å². The third-order valence-electron chi connectivity index (χ3n) is 5.61. The molecule has 1 aromatic heterocycles. The number of benzene rings is 1. The average molecular weight is 501 g/mol. The molecular formula is C24H24N2O4S3. The number of hydrogen-bond acceptors (Lipinski definition) is 7. The van der Waals surface area contributed by atoms with Crippen molar-refractivity contribution in [2.75, 3.05) is 19.0 Å². The van der Waals surface area contributed by atoms with Crippen LogP contribution < -0.4 is 5.32 Å². The number of ether oxygens (including phenoxy) is 1. The number of fused-ring (bicyclic) bond motifs is 1. The standard InChI is InChI=1S/C24H24N2O4S3/c1-3-30-23(29)18-15-11-7-8-12-17(15)32-21(18)25-20(27)16(13-14-9-5-4-6-10-14)19-22(28)26(2)24(31)33-19/h4-6,9-10H,3,7-8,11-13H2,1-2H3,(H,25,27)/b19-16+. The van der Waals surface area contributed by atoms with Gasteiger partial charge in [0.2, 0.25) is 0 Å². The van der Waals surface area contributed by atoms with Crippen LogP contribution in [-0.2, 0) is 33.6 Å². The second-order valence-corrected chi connectivity index (χ2v) is 10.5. The molecule has 0 unspecified atom stereocenters. The molecule has 1 saturated heterocycles. The molecule has 1 N–H and O–H groups in total.